The number of hydrogen-bond donors (Lipinski definition) is 2. The largest absolute Gasteiger partial charge is 0.336 e. The summed E-state index contributed by atoms with van der Waals surface area (Å²) in [6.45, 7) is 5.71. The molecule has 1 aliphatic rings. The van der Waals surface area contributed by atoms with E-state index >= 15 is 0 Å². The molecule has 1 aromatic heterocycles. The Morgan fingerprint density at radius 3 is 3.00 bits per heavy atom. The molecule has 0 bridgehead atoms. The van der Waals surface area contributed by atoms with Crippen molar-refractivity contribution in [1.82, 2.24) is 20.1 Å². The SMILES string of the molecule is Cc1cnc(NC(=O)NCC2CN(C)CCN2C)s1. The summed E-state index contributed by atoms with van der Waals surface area (Å²) in [4.78, 5) is 21.5. The van der Waals surface area contributed by atoms with Gasteiger partial charge in [0.15, 0.2) is 5.13 Å². The van der Waals surface area contributed by atoms with Gasteiger partial charge in [-0.25, -0.2) is 9.78 Å². The number of amides is 2. The first-order chi connectivity index (χ1) is 9.04. The van der Waals surface area contributed by atoms with Crippen molar-refractivity contribution in [3.63, 3.8) is 0 Å². The Kier molecular flexibility index (Phi) is 4.73. The van der Waals surface area contributed by atoms with Gasteiger partial charge in [-0.05, 0) is 21.0 Å². The van der Waals surface area contributed by atoms with Gasteiger partial charge in [-0.2, -0.15) is 0 Å². The maximum Gasteiger partial charge on any atom is 0.321 e. The number of likely N-dealkylation sites (N-methyl/N-ethyl adjacent to an activating group) is 2. The van der Waals surface area contributed by atoms with E-state index in [1.165, 1.54) is 11.3 Å². The molecule has 0 aromatic carbocycles. The monoisotopic (exact) mass is 283 g/mol. The normalized spacial score (nSPS) is 21.3. The molecule has 0 saturated carbocycles. The number of anilines is 1. The molecule has 1 saturated heterocycles. The molecule has 7 heteroatoms. The second-order valence-corrected chi connectivity index (χ2v) is 6.24. The van der Waals surface area contributed by atoms with Crippen LogP contribution in [0.1, 0.15) is 4.88 Å². The summed E-state index contributed by atoms with van der Waals surface area (Å²) < 4.78 is 0. The number of nitrogens with one attached hydrogen (secondary N) is 2. The Balaban J connectivity index is 1.76. The van der Waals surface area contributed by atoms with Crippen LogP contribution >= 0.6 is 11.3 Å². The molecule has 106 valence electrons. The number of aryl methyl sites for hydroxylation is 1. The molecule has 1 unspecified atom stereocenters. The number of rotatable bonds is 3. The molecule has 1 atom stereocenters. The fraction of sp³-hybridized carbons (Fsp3) is 0.667. The summed E-state index contributed by atoms with van der Waals surface area (Å²) in [5, 5.41) is 6.31. The number of carbonyl (C=O) groups excluding carboxylic acids is 1. The van der Waals surface area contributed by atoms with E-state index in [4.69, 9.17) is 0 Å². The van der Waals surface area contributed by atoms with E-state index in [-0.39, 0.29) is 6.03 Å². The van der Waals surface area contributed by atoms with Crippen molar-refractivity contribution < 1.29 is 4.79 Å². The molecule has 6 nitrogen and oxygen atoms in total. The maximum atomic E-state index is 11.8. The van der Waals surface area contributed by atoms with E-state index in [2.05, 4.69) is 39.5 Å². The second kappa shape index (κ2) is 6.31. The molecule has 2 amide bonds. The summed E-state index contributed by atoms with van der Waals surface area (Å²) >= 11 is 1.48. The standard InChI is InChI=1S/C12H21N5OS/c1-9-6-14-12(19-9)15-11(18)13-7-10-8-16(2)4-5-17(10)3/h6,10H,4-5,7-8H2,1-3H3,(H2,13,14,15,18). The minimum absolute atomic E-state index is 0.184. The van der Waals surface area contributed by atoms with E-state index in [1.54, 1.807) is 6.20 Å². The average Bonchev–Trinajstić information content (AvgIpc) is 2.76. The summed E-state index contributed by atoms with van der Waals surface area (Å²) in [6.07, 6.45) is 1.75. The van der Waals surface area contributed by atoms with Crippen molar-refractivity contribution in [2.24, 2.45) is 0 Å². The number of urea groups is 1. The zero-order valence-electron chi connectivity index (χ0n) is 11.6. The number of piperazine rings is 1. The zero-order chi connectivity index (χ0) is 13.8. The highest BCUT2D eigenvalue weighted by Gasteiger charge is 2.22. The highest BCUT2D eigenvalue weighted by atomic mass is 32.1. The van der Waals surface area contributed by atoms with Gasteiger partial charge in [-0.1, -0.05) is 0 Å². The molecular formula is C12H21N5OS. The highest BCUT2D eigenvalue weighted by molar-refractivity contribution is 7.15. The first-order valence-corrected chi connectivity index (χ1v) is 7.22. The number of thiazole rings is 1. The average molecular weight is 283 g/mol. The van der Waals surface area contributed by atoms with E-state index in [9.17, 15) is 4.79 Å². The number of carbonyl (C=O) groups is 1. The molecule has 19 heavy (non-hydrogen) atoms. The Morgan fingerprint density at radius 2 is 2.32 bits per heavy atom. The van der Waals surface area contributed by atoms with Crippen molar-refractivity contribution >= 4 is 22.5 Å². The topological polar surface area (TPSA) is 60.5 Å². The third kappa shape index (κ3) is 4.15. The first kappa shape index (κ1) is 14.2. The van der Waals surface area contributed by atoms with Gasteiger partial charge in [0.1, 0.15) is 0 Å². The molecule has 2 rings (SSSR count). The van der Waals surface area contributed by atoms with Gasteiger partial charge < -0.3 is 10.2 Å². The molecule has 0 radical (unpaired) electrons. The van der Waals surface area contributed by atoms with E-state index < -0.39 is 0 Å². The van der Waals surface area contributed by atoms with Crippen LogP contribution in [0.2, 0.25) is 0 Å². The fourth-order valence-corrected chi connectivity index (χ4v) is 2.75. The van der Waals surface area contributed by atoms with Crippen LogP contribution in [-0.2, 0) is 0 Å². The maximum absolute atomic E-state index is 11.8. The number of aromatic nitrogens is 1. The highest BCUT2D eigenvalue weighted by Crippen LogP contribution is 2.16. The van der Waals surface area contributed by atoms with Crippen LogP contribution in [0, 0.1) is 6.92 Å². The van der Waals surface area contributed by atoms with Crippen LogP contribution in [-0.4, -0.2) is 67.1 Å². The van der Waals surface area contributed by atoms with Gasteiger partial charge in [0, 0.05) is 43.3 Å². The van der Waals surface area contributed by atoms with Gasteiger partial charge in [0.2, 0.25) is 0 Å². The predicted octanol–water partition coefficient (Wildman–Crippen LogP) is 0.819. The summed E-state index contributed by atoms with van der Waals surface area (Å²) in [6, 6.07) is 0.179. The van der Waals surface area contributed by atoms with Crippen molar-refractivity contribution in [3.8, 4) is 0 Å². The predicted molar refractivity (Wildman–Crippen MR) is 77.8 cm³/mol. The quantitative estimate of drug-likeness (QED) is 0.862. The first-order valence-electron chi connectivity index (χ1n) is 6.40. The third-order valence-corrected chi connectivity index (χ3v) is 4.15. The molecule has 2 heterocycles. The van der Waals surface area contributed by atoms with Gasteiger partial charge >= 0.3 is 6.03 Å². The van der Waals surface area contributed by atoms with Crippen molar-refractivity contribution in [1.29, 1.82) is 0 Å². The Morgan fingerprint density at radius 1 is 1.53 bits per heavy atom. The lowest BCUT2D eigenvalue weighted by molar-refractivity contribution is 0.115. The minimum Gasteiger partial charge on any atom is -0.336 e. The summed E-state index contributed by atoms with van der Waals surface area (Å²) in [5.74, 6) is 0. The molecule has 1 fully saturated rings. The van der Waals surface area contributed by atoms with Crippen LogP contribution in [0.15, 0.2) is 6.20 Å². The fourth-order valence-electron chi connectivity index (χ4n) is 2.09. The van der Waals surface area contributed by atoms with Gasteiger partial charge in [-0.15, -0.1) is 11.3 Å². The summed E-state index contributed by atoms with van der Waals surface area (Å²) in [7, 11) is 4.21. The van der Waals surface area contributed by atoms with Crippen LogP contribution in [0.4, 0.5) is 9.93 Å². The van der Waals surface area contributed by atoms with Crippen molar-refractivity contribution in [2.45, 2.75) is 13.0 Å². The van der Waals surface area contributed by atoms with Crippen molar-refractivity contribution in [2.75, 3.05) is 45.6 Å². The van der Waals surface area contributed by atoms with Crippen LogP contribution in [0.25, 0.3) is 0 Å². The second-order valence-electron chi connectivity index (χ2n) is 5.01. The van der Waals surface area contributed by atoms with Gasteiger partial charge in [-0.3, -0.25) is 10.2 Å². The van der Waals surface area contributed by atoms with E-state index in [0.29, 0.717) is 17.7 Å². The lowest BCUT2D eigenvalue weighted by atomic mass is 10.2. The Labute approximate surface area is 117 Å². The molecule has 2 N–H and O–H groups in total. The number of nitrogens with zero attached hydrogens (tertiary/aromatic N) is 3. The summed E-state index contributed by atoms with van der Waals surface area (Å²) in [5.41, 5.74) is 0. The molecular weight excluding hydrogens is 262 g/mol. The lowest BCUT2D eigenvalue weighted by Crippen LogP contribution is -2.54. The molecule has 1 aliphatic heterocycles. The van der Waals surface area contributed by atoms with Crippen LogP contribution in [0.3, 0.4) is 0 Å². The lowest BCUT2D eigenvalue weighted by Gasteiger charge is -2.37. The van der Waals surface area contributed by atoms with Crippen molar-refractivity contribution in [3.05, 3.63) is 11.1 Å². The van der Waals surface area contributed by atoms with Gasteiger partial charge in [0.05, 0.1) is 0 Å². The zero-order valence-corrected chi connectivity index (χ0v) is 12.5. The van der Waals surface area contributed by atoms with Crippen LogP contribution in [0.5, 0.6) is 0 Å². The Bertz CT molecular complexity index is 436. The molecule has 1 aromatic rings. The third-order valence-electron chi connectivity index (χ3n) is 3.32. The van der Waals surface area contributed by atoms with E-state index in [1.807, 2.05) is 6.92 Å². The molecule has 0 aliphatic carbocycles. The van der Waals surface area contributed by atoms with Crippen LogP contribution < -0.4 is 10.6 Å². The minimum atomic E-state index is -0.184. The smallest absolute Gasteiger partial charge is 0.321 e. The number of hydrogen-bond acceptors (Lipinski definition) is 5. The Hall–Kier alpha value is -1.18. The molecule has 0 spiro atoms. The van der Waals surface area contributed by atoms with E-state index in [0.717, 1.165) is 24.5 Å². The van der Waals surface area contributed by atoms with Gasteiger partial charge in [0.25, 0.3) is 0 Å².